The minimum Gasteiger partial charge on any atom is -0.205 e. The number of aromatic nitrogens is 1. The quantitative estimate of drug-likeness (QED) is 0.353. The van der Waals surface area contributed by atoms with E-state index in [9.17, 15) is 0 Å². The van der Waals surface area contributed by atoms with Crippen LogP contribution in [0.2, 0.25) is 0 Å². The first-order valence-electron chi connectivity index (χ1n) is 8.84. The first-order valence-corrected chi connectivity index (χ1v) is 8.84. The van der Waals surface area contributed by atoms with Gasteiger partial charge in [0.25, 0.3) is 0 Å². The molecule has 1 nitrogen and oxygen atoms in total. The lowest BCUT2D eigenvalue weighted by molar-refractivity contribution is -0.697. The van der Waals surface area contributed by atoms with Gasteiger partial charge in [0, 0.05) is 18.6 Å². The fourth-order valence-electron chi connectivity index (χ4n) is 2.61. The van der Waals surface area contributed by atoms with Crippen LogP contribution in [0.15, 0.2) is 24.5 Å². The molecule has 0 saturated carbocycles. The lowest BCUT2D eigenvalue weighted by atomic mass is 10.1. The van der Waals surface area contributed by atoms with Crippen LogP contribution < -0.4 is 4.57 Å². The molecule has 0 radical (unpaired) electrons. The van der Waals surface area contributed by atoms with Crippen molar-refractivity contribution in [2.75, 3.05) is 0 Å². The first-order chi connectivity index (χ1) is 9.86. The highest BCUT2D eigenvalue weighted by atomic mass is 14.9. The van der Waals surface area contributed by atoms with Crippen LogP contribution in [0.4, 0.5) is 0 Å². The molecule has 1 heterocycles. The summed E-state index contributed by atoms with van der Waals surface area (Å²) >= 11 is 0. The maximum Gasteiger partial charge on any atom is 0.169 e. The molecule has 0 aliphatic heterocycles. The Morgan fingerprint density at radius 3 is 1.85 bits per heavy atom. The summed E-state index contributed by atoms with van der Waals surface area (Å²) < 4.78 is 2.34. The zero-order chi connectivity index (χ0) is 14.5. The van der Waals surface area contributed by atoms with Crippen molar-refractivity contribution >= 4 is 0 Å². The number of pyridine rings is 1. The van der Waals surface area contributed by atoms with Crippen molar-refractivity contribution in [2.45, 2.75) is 91.0 Å². The van der Waals surface area contributed by atoms with Gasteiger partial charge in [-0.05, 0) is 24.8 Å². The van der Waals surface area contributed by atoms with E-state index in [0.717, 1.165) is 0 Å². The van der Waals surface area contributed by atoms with Gasteiger partial charge in [-0.3, -0.25) is 0 Å². The molecule has 0 aliphatic rings. The van der Waals surface area contributed by atoms with Crippen molar-refractivity contribution < 1.29 is 4.57 Å². The van der Waals surface area contributed by atoms with Gasteiger partial charge in [0.2, 0.25) is 0 Å². The summed E-state index contributed by atoms with van der Waals surface area (Å²) in [6, 6.07) is 4.58. The largest absolute Gasteiger partial charge is 0.205 e. The van der Waals surface area contributed by atoms with E-state index in [2.05, 4.69) is 42.9 Å². The van der Waals surface area contributed by atoms with Gasteiger partial charge in [-0.2, -0.15) is 0 Å². The van der Waals surface area contributed by atoms with Crippen molar-refractivity contribution in [3.8, 4) is 0 Å². The Balaban J connectivity index is 2.04. The number of aryl methyl sites for hydroxylation is 2. The number of rotatable bonds is 12. The lowest BCUT2D eigenvalue weighted by Crippen LogP contribution is -2.32. The second kappa shape index (κ2) is 11.9. The highest BCUT2D eigenvalue weighted by molar-refractivity contribution is 5.06. The summed E-state index contributed by atoms with van der Waals surface area (Å²) in [6.45, 7) is 5.72. The van der Waals surface area contributed by atoms with E-state index in [-0.39, 0.29) is 0 Å². The van der Waals surface area contributed by atoms with E-state index >= 15 is 0 Å². The highest BCUT2D eigenvalue weighted by Crippen LogP contribution is 2.08. The summed E-state index contributed by atoms with van der Waals surface area (Å²) in [4.78, 5) is 0. The van der Waals surface area contributed by atoms with Crippen molar-refractivity contribution in [1.29, 1.82) is 0 Å². The van der Waals surface area contributed by atoms with Gasteiger partial charge in [-0.15, -0.1) is 0 Å². The standard InChI is InChI=1S/C19H34N/c1-3-5-7-8-9-10-11-12-16-20-17-14-19(15-18-20)13-6-4-2/h14-15,17-18H,3-13,16H2,1-2H3/q+1. The molecule has 20 heavy (non-hydrogen) atoms. The molecule has 0 saturated heterocycles. The third kappa shape index (κ3) is 8.35. The summed E-state index contributed by atoms with van der Waals surface area (Å²) in [5.74, 6) is 0. The molecule has 0 aliphatic carbocycles. The molecule has 0 atom stereocenters. The van der Waals surface area contributed by atoms with Crippen LogP contribution in [0.5, 0.6) is 0 Å². The van der Waals surface area contributed by atoms with Gasteiger partial charge in [0.1, 0.15) is 6.54 Å². The maximum atomic E-state index is 2.34. The van der Waals surface area contributed by atoms with E-state index in [1.54, 1.807) is 0 Å². The second-order valence-electron chi connectivity index (χ2n) is 6.02. The van der Waals surface area contributed by atoms with Crippen molar-refractivity contribution in [1.82, 2.24) is 0 Å². The molecular weight excluding hydrogens is 242 g/mol. The maximum absolute atomic E-state index is 2.34. The lowest BCUT2D eigenvalue weighted by Gasteiger charge is -2.01. The molecular formula is C19H34N+. The van der Waals surface area contributed by atoms with Crippen molar-refractivity contribution in [3.63, 3.8) is 0 Å². The molecule has 0 bridgehead atoms. The third-order valence-corrected chi connectivity index (χ3v) is 4.05. The molecule has 1 rings (SSSR count). The Morgan fingerprint density at radius 1 is 0.700 bits per heavy atom. The summed E-state index contributed by atoms with van der Waals surface area (Å²) in [6.07, 6.45) is 19.5. The molecule has 0 unspecified atom stereocenters. The third-order valence-electron chi connectivity index (χ3n) is 4.05. The van der Waals surface area contributed by atoms with Gasteiger partial charge >= 0.3 is 0 Å². The average molecular weight is 276 g/mol. The number of nitrogens with zero attached hydrogens (tertiary/aromatic N) is 1. The van der Waals surface area contributed by atoms with E-state index in [1.165, 1.54) is 82.7 Å². The normalized spacial score (nSPS) is 10.9. The highest BCUT2D eigenvalue weighted by Gasteiger charge is 2.01. The number of hydrogen-bond donors (Lipinski definition) is 0. The van der Waals surface area contributed by atoms with Gasteiger partial charge in [-0.25, -0.2) is 4.57 Å². The Bertz CT molecular complexity index is 315. The van der Waals surface area contributed by atoms with E-state index in [4.69, 9.17) is 0 Å². The van der Waals surface area contributed by atoms with Crippen molar-refractivity contribution in [2.24, 2.45) is 0 Å². The van der Waals surface area contributed by atoms with Crippen LogP contribution in [-0.4, -0.2) is 0 Å². The Kier molecular flexibility index (Phi) is 10.3. The molecule has 0 aromatic carbocycles. The van der Waals surface area contributed by atoms with Crippen LogP contribution in [-0.2, 0) is 13.0 Å². The Labute approximate surface area is 126 Å². The molecule has 1 aromatic heterocycles. The SMILES string of the molecule is CCCCCCCCCC[n+]1ccc(CCCC)cc1. The molecule has 0 fully saturated rings. The molecule has 0 N–H and O–H groups in total. The van der Waals surface area contributed by atoms with Gasteiger partial charge in [-0.1, -0.05) is 58.8 Å². The van der Waals surface area contributed by atoms with E-state index in [0.29, 0.717) is 0 Å². The minimum atomic E-state index is 1.18. The van der Waals surface area contributed by atoms with Gasteiger partial charge in [0.05, 0.1) is 0 Å². The van der Waals surface area contributed by atoms with Gasteiger partial charge in [0.15, 0.2) is 12.4 Å². The van der Waals surface area contributed by atoms with Crippen LogP contribution in [0, 0.1) is 0 Å². The predicted octanol–water partition coefficient (Wildman–Crippen LogP) is 5.46. The zero-order valence-electron chi connectivity index (χ0n) is 13.7. The summed E-state index contributed by atoms with van der Waals surface area (Å²) in [5, 5.41) is 0. The molecule has 1 aromatic rings. The van der Waals surface area contributed by atoms with Gasteiger partial charge < -0.3 is 0 Å². The summed E-state index contributed by atoms with van der Waals surface area (Å²) in [7, 11) is 0. The van der Waals surface area contributed by atoms with Crippen LogP contribution in [0.1, 0.15) is 83.6 Å². The number of unbranched alkanes of at least 4 members (excludes halogenated alkanes) is 8. The fourth-order valence-corrected chi connectivity index (χ4v) is 2.61. The topological polar surface area (TPSA) is 3.88 Å². The van der Waals surface area contributed by atoms with Crippen LogP contribution in [0.3, 0.4) is 0 Å². The zero-order valence-corrected chi connectivity index (χ0v) is 13.7. The monoisotopic (exact) mass is 276 g/mol. The molecule has 1 heteroatoms. The Morgan fingerprint density at radius 2 is 1.25 bits per heavy atom. The average Bonchev–Trinajstić information content (AvgIpc) is 2.49. The van der Waals surface area contributed by atoms with E-state index in [1.807, 2.05) is 0 Å². The Hall–Kier alpha value is -0.850. The molecule has 114 valence electrons. The molecule has 0 amide bonds. The van der Waals surface area contributed by atoms with E-state index < -0.39 is 0 Å². The first kappa shape index (κ1) is 17.2. The fraction of sp³-hybridized carbons (Fsp3) is 0.737. The van der Waals surface area contributed by atoms with Crippen LogP contribution in [0.25, 0.3) is 0 Å². The summed E-state index contributed by atoms with van der Waals surface area (Å²) in [5.41, 5.74) is 1.49. The molecule has 0 spiro atoms. The number of hydrogen-bond acceptors (Lipinski definition) is 0. The second-order valence-corrected chi connectivity index (χ2v) is 6.02. The predicted molar refractivity (Wildman–Crippen MR) is 87.9 cm³/mol. The van der Waals surface area contributed by atoms with Crippen LogP contribution >= 0.6 is 0 Å². The minimum absolute atomic E-state index is 1.18. The smallest absolute Gasteiger partial charge is 0.169 e. The van der Waals surface area contributed by atoms with Crippen molar-refractivity contribution in [3.05, 3.63) is 30.1 Å².